The van der Waals surface area contributed by atoms with E-state index in [1.54, 1.807) is 31.2 Å². The molecule has 216 valence electrons. The highest BCUT2D eigenvalue weighted by Crippen LogP contribution is 2.38. The second-order valence-corrected chi connectivity index (χ2v) is 13.3. The van der Waals surface area contributed by atoms with Crippen molar-refractivity contribution in [3.05, 3.63) is 71.9 Å². The molecule has 1 saturated heterocycles. The average molecular weight is 570 g/mol. The highest BCUT2D eigenvalue weighted by Gasteiger charge is 2.51. The fourth-order valence-corrected chi connectivity index (χ4v) is 5.94. The molecule has 0 spiro atoms. The zero-order chi connectivity index (χ0) is 29.1. The molecule has 9 nitrogen and oxygen atoms in total. The number of hydrogen-bond donors (Lipinski definition) is 0. The van der Waals surface area contributed by atoms with Gasteiger partial charge in [0.25, 0.3) is 10.0 Å². The molecule has 0 aliphatic carbocycles. The zero-order valence-corrected chi connectivity index (χ0v) is 25.3. The van der Waals surface area contributed by atoms with E-state index in [-0.39, 0.29) is 42.4 Å². The maximum absolute atomic E-state index is 13.9. The van der Waals surface area contributed by atoms with Gasteiger partial charge in [-0.2, -0.15) is 9.40 Å². The second kappa shape index (κ2) is 11.9. The van der Waals surface area contributed by atoms with Crippen molar-refractivity contribution >= 4 is 17.1 Å². The molecule has 1 fully saturated rings. The van der Waals surface area contributed by atoms with Gasteiger partial charge < -0.3 is 18.8 Å². The van der Waals surface area contributed by atoms with Crippen molar-refractivity contribution < 1.29 is 27.2 Å². The Morgan fingerprint density at radius 1 is 0.875 bits per heavy atom. The van der Waals surface area contributed by atoms with Crippen molar-refractivity contribution in [1.29, 1.82) is 0 Å². The molecule has 0 amide bonds. The Morgan fingerprint density at radius 2 is 1.35 bits per heavy atom. The van der Waals surface area contributed by atoms with Crippen LogP contribution < -0.4 is 9.47 Å². The Hall–Kier alpha value is -2.86. The number of methoxy groups -OCH3 is 2. The Kier molecular flexibility index (Phi) is 8.99. The second-order valence-electron chi connectivity index (χ2n) is 11.4. The van der Waals surface area contributed by atoms with Gasteiger partial charge in [0.2, 0.25) is 0 Å². The molecular formula is C29H40BN3O6S. The van der Waals surface area contributed by atoms with Crippen LogP contribution in [0.25, 0.3) is 0 Å². The number of benzene rings is 2. The quantitative estimate of drug-likeness (QED) is 0.283. The van der Waals surface area contributed by atoms with E-state index in [9.17, 15) is 8.42 Å². The SMILES string of the molecule is COc1ccc(CN(Cc2ccc(OC)cc2)S(=O)(=O)c2ccn(CC(C)CB3OC(C)(C)C(C)(C)O3)n2)cc1. The van der Waals surface area contributed by atoms with E-state index < -0.39 is 10.0 Å². The van der Waals surface area contributed by atoms with Gasteiger partial charge in [-0.1, -0.05) is 31.2 Å². The Labute approximate surface area is 238 Å². The Bertz CT molecular complexity index is 1310. The maximum Gasteiger partial charge on any atom is 0.458 e. The highest BCUT2D eigenvalue weighted by atomic mass is 32.2. The normalized spacial score (nSPS) is 17.2. The summed E-state index contributed by atoms with van der Waals surface area (Å²) in [5.74, 6) is 1.57. The molecule has 1 aromatic heterocycles. The van der Waals surface area contributed by atoms with Crippen LogP contribution in [0.1, 0.15) is 45.7 Å². The molecule has 2 heterocycles. The third-order valence-electron chi connectivity index (χ3n) is 7.65. The monoisotopic (exact) mass is 569 g/mol. The van der Waals surface area contributed by atoms with Crippen LogP contribution in [0.5, 0.6) is 11.5 Å². The van der Waals surface area contributed by atoms with Crippen LogP contribution in [0, 0.1) is 5.92 Å². The molecule has 0 N–H and O–H groups in total. The molecule has 40 heavy (non-hydrogen) atoms. The third kappa shape index (κ3) is 6.88. The number of nitrogens with zero attached hydrogens (tertiary/aromatic N) is 3. The predicted molar refractivity (Wildman–Crippen MR) is 155 cm³/mol. The van der Waals surface area contributed by atoms with E-state index in [2.05, 4.69) is 12.0 Å². The summed E-state index contributed by atoms with van der Waals surface area (Å²) in [4.78, 5) is 0. The van der Waals surface area contributed by atoms with Crippen molar-refractivity contribution in [1.82, 2.24) is 14.1 Å². The molecule has 4 rings (SSSR count). The van der Waals surface area contributed by atoms with Crippen molar-refractivity contribution in [2.24, 2.45) is 5.92 Å². The minimum absolute atomic E-state index is 0.0114. The van der Waals surface area contributed by atoms with Crippen LogP contribution >= 0.6 is 0 Å². The van der Waals surface area contributed by atoms with E-state index >= 15 is 0 Å². The first-order valence-corrected chi connectivity index (χ1v) is 14.9. The van der Waals surface area contributed by atoms with Crippen molar-refractivity contribution in [2.45, 2.75) is 76.8 Å². The lowest BCUT2D eigenvalue weighted by molar-refractivity contribution is 0.00578. The first-order valence-electron chi connectivity index (χ1n) is 13.5. The van der Waals surface area contributed by atoms with Gasteiger partial charge in [-0.3, -0.25) is 4.68 Å². The number of hydrogen-bond acceptors (Lipinski definition) is 7. The average Bonchev–Trinajstić information content (AvgIpc) is 3.45. The smallest absolute Gasteiger partial charge is 0.458 e. The minimum atomic E-state index is -3.91. The van der Waals surface area contributed by atoms with E-state index in [0.29, 0.717) is 24.4 Å². The predicted octanol–water partition coefficient (Wildman–Crippen LogP) is 5.02. The van der Waals surface area contributed by atoms with Gasteiger partial charge in [-0.15, -0.1) is 0 Å². The van der Waals surface area contributed by atoms with Gasteiger partial charge in [0.1, 0.15) is 11.5 Å². The van der Waals surface area contributed by atoms with Crippen LogP contribution in [-0.2, 0) is 39.0 Å². The molecule has 0 bridgehead atoms. The summed E-state index contributed by atoms with van der Waals surface area (Å²) in [5, 5.41) is 4.49. The van der Waals surface area contributed by atoms with Gasteiger partial charge in [0.15, 0.2) is 5.03 Å². The lowest BCUT2D eigenvalue weighted by Gasteiger charge is -2.32. The topological polar surface area (TPSA) is 92.1 Å². The van der Waals surface area contributed by atoms with E-state index in [4.69, 9.17) is 18.8 Å². The van der Waals surface area contributed by atoms with Gasteiger partial charge in [0, 0.05) is 25.8 Å². The Balaban J connectivity index is 1.50. The number of sulfonamides is 1. The molecule has 1 atom stereocenters. The molecule has 2 aromatic carbocycles. The minimum Gasteiger partial charge on any atom is -0.497 e. The van der Waals surface area contributed by atoms with Crippen molar-refractivity contribution in [3.8, 4) is 11.5 Å². The van der Waals surface area contributed by atoms with Crippen LogP contribution in [0.3, 0.4) is 0 Å². The van der Waals surface area contributed by atoms with Crippen LogP contribution in [-0.4, -0.2) is 55.0 Å². The first kappa shape index (κ1) is 30.1. The lowest BCUT2D eigenvalue weighted by atomic mass is 9.78. The lowest BCUT2D eigenvalue weighted by Crippen LogP contribution is -2.41. The molecule has 0 saturated carbocycles. The summed E-state index contributed by atoms with van der Waals surface area (Å²) in [6.45, 7) is 11.1. The summed E-state index contributed by atoms with van der Waals surface area (Å²) < 4.78 is 53.6. The van der Waals surface area contributed by atoms with Crippen LogP contribution in [0.15, 0.2) is 65.8 Å². The van der Waals surface area contributed by atoms with Crippen LogP contribution in [0.4, 0.5) is 0 Å². The molecule has 1 aliphatic rings. The molecule has 3 aromatic rings. The summed E-state index contributed by atoms with van der Waals surface area (Å²) in [7, 11) is -1.03. The van der Waals surface area contributed by atoms with Gasteiger partial charge in [-0.05, 0) is 81.4 Å². The van der Waals surface area contributed by atoms with Gasteiger partial charge in [-0.25, -0.2) is 8.42 Å². The largest absolute Gasteiger partial charge is 0.497 e. The van der Waals surface area contributed by atoms with Crippen LogP contribution in [0.2, 0.25) is 6.32 Å². The first-order chi connectivity index (χ1) is 18.8. The fraction of sp³-hybridized carbons (Fsp3) is 0.483. The molecule has 1 unspecified atom stereocenters. The fourth-order valence-electron chi connectivity index (χ4n) is 4.59. The number of rotatable bonds is 12. The van der Waals surface area contributed by atoms with Crippen molar-refractivity contribution in [2.75, 3.05) is 14.2 Å². The van der Waals surface area contributed by atoms with Gasteiger partial charge >= 0.3 is 7.12 Å². The molecule has 11 heteroatoms. The highest BCUT2D eigenvalue weighted by molar-refractivity contribution is 7.89. The molecule has 1 aliphatic heterocycles. The molecular weight excluding hydrogens is 529 g/mol. The standard InChI is InChI=1S/C29H40BN3O6S/c1-22(18-30-38-28(2,3)29(4,5)39-30)19-32-17-16-27(31-32)40(34,35)33(20-23-8-12-25(36-6)13-9-23)21-24-10-14-26(37-7)15-11-24/h8-17,22H,18-21H2,1-7H3. The van der Waals surface area contributed by atoms with E-state index in [1.165, 1.54) is 4.31 Å². The summed E-state index contributed by atoms with van der Waals surface area (Å²) in [6, 6.07) is 16.3. The van der Waals surface area contributed by atoms with Crippen molar-refractivity contribution in [3.63, 3.8) is 0 Å². The molecule has 0 radical (unpaired) electrons. The third-order valence-corrected chi connectivity index (χ3v) is 9.34. The Morgan fingerprint density at radius 3 is 1.80 bits per heavy atom. The number of aromatic nitrogens is 2. The zero-order valence-electron chi connectivity index (χ0n) is 24.5. The summed E-state index contributed by atoms with van der Waals surface area (Å²) in [5.41, 5.74) is 0.907. The summed E-state index contributed by atoms with van der Waals surface area (Å²) in [6.07, 6.45) is 2.39. The maximum atomic E-state index is 13.9. The van der Waals surface area contributed by atoms with Gasteiger partial charge in [0.05, 0.1) is 25.4 Å². The number of ether oxygens (including phenoxy) is 2. The summed E-state index contributed by atoms with van der Waals surface area (Å²) >= 11 is 0. The van der Waals surface area contributed by atoms with E-state index in [1.807, 2.05) is 76.2 Å². The van der Waals surface area contributed by atoms with E-state index in [0.717, 1.165) is 11.1 Å².